The molecule has 0 saturated carbocycles. The lowest BCUT2D eigenvalue weighted by Gasteiger charge is -2.13. The molecule has 22 heavy (non-hydrogen) atoms. The lowest BCUT2D eigenvalue weighted by atomic mass is 10.2. The molecule has 0 aliphatic heterocycles. The summed E-state index contributed by atoms with van der Waals surface area (Å²) < 4.78 is 6.40. The van der Waals surface area contributed by atoms with Crippen LogP contribution in [0, 0.1) is 0 Å². The normalized spacial score (nSPS) is 11.9. The zero-order valence-corrected chi connectivity index (χ0v) is 12.1. The summed E-state index contributed by atoms with van der Waals surface area (Å²) in [6.07, 6.45) is 3.15. The predicted molar refractivity (Wildman–Crippen MR) is 78.9 cm³/mol. The van der Waals surface area contributed by atoms with Gasteiger partial charge in [0.05, 0.1) is 17.4 Å². The van der Waals surface area contributed by atoms with Crippen LogP contribution in [-0.4, -0.2) is 46.5 Å². The summed E-state index contributed by atoms with van der Waals surface area (Å²) in [7, 11) is 1.48. The van der Waals surface area contributed by atoms with Crippen molar-refractivity contribution in [1.29, 1.82) is 0 Å². The van der Waals surface area contributed by atoms with Crippen LogP contribution in [0.3, 0.4) is 0 Å². The Kier molecular flexibility index (Phi) is 5.26. The Labute approximate surface area is 127 Å². The Morgan fingerprint density at radius 1 is 1.36 bits per heavy atom. The molecular formula is C15H17N3O4. The van der Waals surface area contributed by atoms with Crippen LogP contribution in [0.4, 0.5) is 0 Å². The third-order valence-corrected chi connectivity index (χ3v) is 3.08. The molecule has 0 bridgehead atoms. The molecule has 2 N–H and O–H groups in total. The second kappa shape index (κ2) is 7.37. The summed E-state index contributed by atoms with van der Waals surface area (Å²) in [6.45, 7) is 0.251. The molecule has 0 aliphatic rings. The van der Waals surface area contributed by atoms with Crippen molar-refractivity contribution in [2.45, 2.75) is 12.5 Å². The molecule has 0 fully saturated rings. The number of aromatic nitrogens is 2. The Morgan fingerprint density at radius 3 is 2.73 bits per heavy atom. The van der Waals surface area contributed by atoms with Crippen LogP contribution in [0.1, 0.15) is 16.8 Å². The van der Waals surface area contributed by atoms with Crippen LogP contribution in [0.5, 0.6) is 0 Å². The molecule has 0 aliphatic carbocycles. The van der Waals surface area contributed by atoms with Crippen molar-refractivity contribution < 1.29 is 19.4 Å². The van der Waals surface area contributed by atoms with E-state index in [-0.39, 0.29) is 13.0 Å². The number of carbonyl (C=O) groups is 2. The molecule has 1 heterocycles. The number of benzene rings is 1. The van der Waals surface area contributed by atoms with Crippen molar-refractivity contribution in [3.05, 3.63) is 48.3 Å². The fraction of sp³-hybridized carbons (Fsp3) is 0.267. The first-order valence-corrected chi connectivity index (χ1v) is 6.74. The number of hydrogen-bond donors (Lipinski definition) is 2. The van der Waals surface area contributed by atoms with Crippen LogP contribution in [0.15, 0.2) is 42.7 Å². The molecule has 1 aromatic heterocycles. The average Bonchev–Trinajstić information content (AvgIpc) is 3.02. The van der Waals surface area contributed by atoms with E-state index >= 15 is 0 Å². The molecule has 2 aromatic rings. The van der Waals surface area contributed by atoms with Gasteiger partial charge in [0.2, 0.25) is 0 Å². The van der Waals surface area contributed by atoms with E-state index in [2.05, 4.69) is 10.4 Å². The first kappa shape index (κ1) is 15.7. The van der Waals surface area contributed by atoms with Crippen molar-refractivity contribution in [2.75, 3.05) is 13.7 Å². The smallest absolute Gasteiger partial charge is 0.326 e. The molecule has 7 nitrogen and oxygen atoms in total. The van der Waals surface area contributed by atoms with Gasteiger partial charge in [-0.2, -0.15) is 5.10 Å². The van der Waals surface area contributed by atoms with Gasteiger partial charge >= 0.3 is 5.97 Å². The van der Waals surface area contributed by atoms with Crippen molar-refractivity contribution in [2.24, 2.45) is 0 Å². The molecule has 1 atom stereocenters. The highest BCUT2D eigenvalue weighted by Crippen LogP contribution is 2.08. The topological polar surface area (TPSA) is 93.5 Å². The minimum atomic E-state index is -1.10. The number of amides is 1. The van der Waals surface area contributed by atoms with Crippen molar-refractivity contribution in [1.82, 2.24) is 15.1 Å². The molecule has 1 amide bonds. The summed E-state index contributed by atoms with van der Waals surface area (Å²) >= 11 is 0. The summed E-state index contributed by atoms with van der Waals surface area (Å²) in [5.41, 5.74) is 1.11. The molecule has 116 valence electrons. The standard InChI is InChI=1S/C15H17N3O4/c1-22-8-7-13(15(20)21)17-14(19)11-9-16-18(10-11)12-5-3-2-4-6-12/h2-6,9-10,13H,7-8H2,1H3,(H,17,19)(H,20,21). The molecule has 2 rings (SSSR count). The summed E-state index contributed by atoms with van der Waals surface area (Å²) in [5, 5.41) is 15.7. The number of hydrogen-bond acceptors (Lipinski definition) is 4. The van der Waals surface area contributed by atoms with E-state index in [1.54, 1.807) is 10.9 Å². The van der Waals surface area contributed by atoms with Crippen molar-refractivity contribution in [3.63, 3.8) is 0 Å². The zero-order valence-electron chi connectivity index (χ0n) is 12.1. The second-order valence-electron chi connectivity index (χ2n) is 4.65. The Balaban J connectivity index is 2.06. The van der Waals surface area contributed by atoms with Gasteiger partial charge in [0.25, 0.3) is 5.91 Å². The van der Waals surface area contributed by atoms with E-state index in [9.17, 15) is 9.59 Å². The number of carboxylic acids is 1. The minimum Gasteiger partial charge on any atom is -0.480 e. The Hall–Kier alpha value is -2.67. The number of para-hydroxylation sites is 1. The molecule has 7 heteroatoms. The third kappa shape index (κ3) is 3.92. The highest BCUT2D eigenvalue weighted by molar-refractivity contribution is 5.96. The summed E-state index contributed by atoms with van der Waals surface area (Å²) in [6, 6.07) is 8.32. The third-order valence-electron chi connectivity index (χ3n) is 3.08. The number of ether oxygens (including phenoxy) is 1. The van der Waals surface area contributed by atoms with E-state index in [1.165, 1.54) is 13.3 Å². The number of carbonyl (C=O) groups excluding carboxylic acids is 1. The highest BCUT2D eigenvalue weighted by atomic mass is 16.5. The minimum absolute atomic E-state index is 0.199. The maximum atomic E-state index is 12.1. The van der Waals surface area contributed by atoms with Gasteiger partial charge in [-0.3, -0.25) is 4.79 Å². The monoisotopic (exact) mass is 303 g/mol. The fourth-order valence-corrected chi connectivity index (χ4v) is 1.90. The fourth-order valence-electron chi connectivity index (χ4n) is 1.90. The van der Waals surface area contributed by atoms with Gasteiger partial charge in [0.1, 0.15) is 6.04 Å². The summed E-state index contributed by atoms with van der Waals surface area (Å²) in [5.74, 6) is -1.58. The number of nitrogens with one attached hydrogen (secondary N) is 1. The van der Waals surface area contributed by atoms with Crippen molar-refractivity contribution >= 4 is 11.9 Å². The lowest BCUT2D eigenvalue weighted by Crippen LogP contribution is -2.41. The maximum Gasteiger partial charge on any atom is 0.326 e. The average molecular weight is 303 g/mol. The van der Waals surface area contributed by atoms with Gasteiger partial charge in [0.15, 0.2) is 0 Å². The molecule has 1 unspecified atom stereocenters. The predicted octanol–water partition coefficient (Wildman–Crippen LogP) is 1.09. The van der Waals surface area contributed by atoms with E-state index in [0.29, 0.717) is 5.56 Å². The Bertz CT molecular complexity index is 639. The van der Waals surface area contributed by atoms with Gasteiger partial charge in [0, 0.05) is 26.3 Å². The number of nitrogens with zero attached hydrogens (tertiary/aromatic N) is 2. The molecule has 0 spiro atoms. The highest BCUT2D eigenvalue weighted by Gasteiger charge is 2.21. The van der Waals surface area contributed by atoms with Gasteiger partial charge < -0.3 is 15.2 Å². The largest absolute Gasteiger partial charge is 0.480 e. The summed E-state index contributed by atoms with van der Waals surface area (Å²) in [4.78, 5) is 23.2. The maximum absolute atomic E-state index is 12.1. The number of carboxylic acid groups (broad SMARTS) is 1. The number of aliphatic carboxylic acids is 1. The van der Waals surface area contributed by atoms with Crippen LogP contribution in [0.2, 0.25) is 0 Å². The van der Waals surface area contributed by atoms with Crippen LogP contribution in [-0.2, 0) is 9.53 Å². The van der Waals surface area contributed by atoms with E-state index in [4.69, 9.17) is 9.84 Å². The van der Waals surface area contributed by atoms with E-state index in [1.807, 2.05) is 30.3 Å². The SMILES string of the molecule is COCCC(NC(=O)c1cnn(-c2ccccc2)c1)C(=O)O. The molecule has 1 aromatic carbocycles. The molecule has 0 radical (unpaired) electrons. The Morgan fingerprint density at radius 2 is 2.09 bits per heavy atom. The molecular weight excluding hydrogens is 286 g/mol. The van der Waals surface area contributed by atoms with E-state index in [0.717, 1.165) is 5.69 Å². The lowest BCUT2D eigenvalue weighted by molar-refractivity contribution is -0.139. The van der Waals surface area contributed by atoms with Gasteiger partial charge in [-0.15, -0.1) is 0 Å². The van der Waals surface area contributed by atoms with Crippen molar-refractivity contribution in [3.8, 4) is 5.69 Å². The molecule has 0 saturated heterocycles. The number of rotatable bonds is 7. The van der Waals surface area contributed by atoms with Gasteiger partial charge in [-0.1, -0.05) is 18.2 Å². The first-order valence-electron chi connectivity index (χ1n) is 6.74. The van der Waals surface area contributed by atoms with Gasteiger partial charge in [-0.25, -0.2) is 9.48 Å². The van der Waals surface area contributed by atoms with Crippen LogP contribution < -0.4 is 5.32 Å². The number of methoxy groups -OCH3 is 1. The first-order chi connectivity index (χ1) is 10.6. The quantitative estimate of drug-likeness (QED) is 0.798. The second-order valence-corrected chi connectivity index (χ2v) is 4.65. The van der Waals surface area contributed by atoms with Crippen LogP contribution >= 0.6 is 0 Å². The van der Waals surface area contributed by atoms with E-state index < -0.39 is 17.9 Å². The van der Waals surface area contributed by atoms with Gasteiger partial charge in [-0.05, 0) is 12.1 Å². The van der Waals surface area contributed by atoms with Crippen LogP contribution in [0.25, 0.3) is 5.69 Å². The zero-order chi connectivity index (χ0) is 15.9.